The van der Waals surface area contributed by atoms with Gasteiger partial charge in [0.15, 0.2) is 12.6 Å². The molecule has 0 amide bonds. The summed E-state index contributed by atoms with van der Waals surface area (Å²) in [5.41, 5.74) is 1.26. The summed E-state index contributed by atoms with van der Waals surface area (Å²) < 4.78 is 19.0. The van der Waals surface area contributed by atoms with Crippen LogP contribution in [0.1, 0.15) is 80.6 Å². The fourth-order valence-corrected chi connectivity index (χ4v) is 9.27. The molecule has 2 aliphatic rings. The number of hydrogen-bond donors (Lipinski definition) is 0. The SMILES string of the molecule is CO[C@@H](C[C@@H]1CC[C@@H](C)C2(O1)SCCCS2)/C(C)=C/C=C\C=C\[C@@H](C)C[C@@H](C)CO[Si](C)(C)C(C)(C)C. The maximum Gasteiger partial charge on any atom is 0.191 e. The second-order valence-electron chi connectivity index (χ2n) is 12.9. The molecule has 214 valence electrons. The molecule has 6 heteroatoms. The lowest BCUT2D eigenvalue weighted by atomic mass is 9.94. The van der Waals surface area contributed by atoms with E-state index in [-0.39, 0.29) is 21.5 Å². The Kier molecular flexibility index (Phi) is 13.6. The lowest BCUT2D eigenvalue weighted by molar-refractivity contribution is -0.0705. The Hall–Kier alpha value is 0.0169. The minimum atomic E-state index is -1.66. The van der Waals surface area contributed by atoms with Crippen molar-refractivity contribution in [3.8, 4) is 0 Å². The maximum absolute atomic E-state index is 6.75. The van der Waals surface area contributed by atoms with Crippen LogP contribution in [0.5, 0.6) is 0 Å². The summed E-state index contributed by atoms with van der Waals surface area (Å²) in [6.45, 7) is 21.6. The second kappa shape index (κ2) is 15.1. The Labute approximate surface area is 239 Å². The van der Waals surface area contributed by atoms with E-state index in [1.807, 2.05) is 30.6 Å². The Morgan fingerprint density at radius 3 is 2.41 bits per heavy atom. The van der Waals surface area contributed by atoms with Crippen LogP contribution in [-0.2, 0) is 13.9 Å². The van der Waals surface area contributed by atoms with Gasteiger partial charge in [0.2, 0.25) is 0 Å². The predicted octanol–water partition coefficient (Wildman–Crippen LogP) is 9.47. The number of methoxy groups -OCH3 is 1. The van der Waals surface area contributed by atoms with Gasteiger partial charge in [0.1, 0.15) is 0 Å². The van der Waals surface area contributed by atoms with E-state index in [1.54, 1.807) is 0 Å². The molecule has 3 nitrogen and oxygen atoms in total. The summed E-state index contributed by atoms with van der Waals surface area (Å²) in [6.07, 6.45) is 17.1. The molecule has 1 spiro atoms. The molecular formula is C31H56O3S2Si. The highest BCUT2D eigenvalue weighted by Gasteiger charge is 2.45. The molecule has 0 unspecified atom stereocenters. The number of allylic oxidation sites excluding steroid dienone is 5. The van der Waals surface area contributed by atoms with Crippen LogP contribution in [0.15, 0.2) is 36.0 Å². The second-order valence-corrected chi connectivity index (χ2v) is 20.6. The van der Waals surface area contributed by atoms with Gasteiger partial charge in [0.05, 0.1) is 12.2 Å². The minimum Gasteiger partial charge on any atom is -0.417 e. The van der Waals surface area contributed by atoms with E-state index in [0.29, 0.717) is 17.8 Å². The molecule has 0 aromatic carbocycles. The highest BCUT2D eigenvalue weighted by Crippen LogP contribution is 2.53. The third-order valence-corrected chi connectivity index (χ3v) is 16.3. The molecule has 2 saturated heterocycles. The summed E-state index contributed by atoms with van der Waals surface area (Å²) in [5, 5.41) is 0.272. The third kappa shape index (κ3) is 10.5. The Morgan fingerprint density at radius 1 is 1.11 bits per heavy atom. The maximum atomic E-state index is 6.75. The minimum absolute atomic E-state index is 0.0349. The quantitative estimate of drug-likeness (QED) is 0.173. The van der Waals surface area contributed by atoms with Gasteiger partial charge in [-0.05, 0) is 79.7 Å². The van der Waals surface area contributed by atoms with Crippen LogP contribution >= 0.6 is 23.5 Å². The van der Waals surface area contributed by atoms with Gasteiger partial charge in [0, 0.05) is 26.1 Å². The zero-order valence-electron chi connectivity index (χ0n) is 25.5. The molecule has 0 radical (unpaired) electrons. The Balaban J connectivity index is 1.80. The fourth-order valence-electron chi connectivity index (χ4n) is 4.76. The van der Waals surface area contributed by atoms with Crippen LogP contribution in [0.3, 0.4) is 0 Å². The van der Waals surface area contributed by atoms with Gasteiger partial charge in [-0.15, -0.1) is 23.5 Å². The zero-order valence-corrected chi connectivity index (χ0v) is 28.1. The monoisotopic (exact) mass is 568 g/mol. The number of hydrogen-bond acceptors (Lipinski definition) is 5. The van der Waals surface area contributed by atoms with Crippen LogP contribution < -0.4 is 0 Å². The van der Waals surface area contributed by atoms with Crippen molar-refractivity contribution >= 4 is 31.8 Å². The van der Waals surface area contributed by atoms with Crippen molar-refractivity contribution in [2.24, 2.45) is 17.8 Å². The van der Waals surface area contributed by atoms with E-state index in [1.165, 1.54) is 29.9 Å². The fraction of sp³-hybridized carbons (Fsp3) is 0.806. The summed E-state index contributed by atoms with van der Waals surface area (Å²) >= 11 is 4.06. The van der Waals surface area contributed by atoms with E-state index in [4.69, 9.17) is 13.9 Å². The Morgan fingerprint density at radius 2 is 1.78 bits per heavy atom. The summed E-state index contributed by atoms with van der Waals surface area (Å²) in [4.78, 5) is 0. The van der Waals surface area contributed by atoms with Crippen molar-refractivity contribution < 1.29 is 13.9 Å². The molecule has 0 bridgehead atoms. The van der Waals surface area contributed by atoms with Crippen LogP contribution in [0.2, 0.25) is 18.1 Å². The van der Waals surface area contributed by atoms with E-state index < -0.39 is 8.32 Å². The van der Waals surface area contributed by atoms with Crippen molar-refractivity contribution in [1.29, 1.82) is 0 Å². The highest BCUT2D eigenvalue weighted by molar-refractivity contribution is 8.18. The zero-order chi connectivity index (χ0) is 27.7. The van der Waals surface area contributed by atoms with E-state index in [2.05, 4.69) is 91.9 Å². The van der Waals surface area contributed by atoms with Gasteiger partial charge in [-0.1, -0.05) is 71.9 Å². The van der Waals surface area contributed by atoms with E-state index >= 15 is 0 Å². The molecule has 2 aliphatic heterocycles. The molecule has 2 fully saturated rings. The normalized spacial score (nSPS) is 26.2. The number of thioether (sulfide) groups is 2. The van der Waals surface area contributed by atoms with E-state index in [9.17, 15) is 0 Å². The van der Waals surface area contributed by atoms with Crippen molar-refractivity contribution in [2.75, 3.05) is 25.2 Å². The first-order valence-electron chi connectivity index (χ1n) is 14.4. The van der Waals surface area contributed by atoms with Crippen LogP contribution in [0.4, 0.5) is 0 Å². The molecule has 0 aromatic heterocycles. The Bertz CT molecular complexity index is 765. The van der Waals surface area contributed by atoms with E-state index in [0.717, 1.165) is 25.9 Å². The van der Waals surface area contributed by atoms with Gasteiger partial charge in [-0.3, -0.25) is 0 Å². The predicted molar refractivity (Wildman–Crippen MR) is 169 cm³/mol. The van der Waals surface area contributed by atoms with Crippen molar-refractivity contribution in [1.82, 2.24) is 0 Å². The molecule has 2 heterocycles. The van der Waals surface area contributed by atoms with Gasteiger partial charge in [0.25, 0.3) is 0 Å². The first-order chi connectivity index (χ1) is 17.3. The average molecular weight is 569 g/mol. The average Bonchev–Trinajstić information content (AvgIpc) is 2.83. The lowest BCUT2D eigenvalue weighted by Crippen LogP contribution is -2.44. The first-order valence-corrected chi connectivity index (χ1v) is 19.3. The summed E-state index contributed by atoms with van der Waals surface area (Å²) in [7, 11) is 0.166. The van der Waals surface area contributed by atoms with Gasteiger partial charge < -0.3 is 13.9 Å². The van der Waals surface area contributed by atoms with Crippen LogP contribution in [0.25, 0.3) is 0 Å². The summed E-state index contributed by atoms with van der Waals surface area (Å²) in [5.74, 6) is 4.15. The van der Waals surface area contributed by atoms with Gasteiger partial charge in [-0.25, -0.2) is 0 Å². The smallest absolute Gasteiger partial charge is 0.191 e. The van der Waals surface area contributed by atoms with Crippen LogP contribution in [-0.4, -0.2) is 50.0 Å². The van der Waals surface area contributed by atoms with Crippen LogP contribution in [0, 0.1) is 17.8 Å². The van der Waals surface area contributed by atoms with Crippen molar-refractivity contribution in [2.45, 2.75) is 115 Å². The van der Waals surface area contributed by atoms with Gasteiger partial charge in [-0.2, -0.15) is 0 Å². The number of rotatable bonds is 12. The lowest BCUT2D eigenvalue weighted by Gasteiger charge is -2.47. The summed E-state index contributed by atoms with van der Waals surface area (Å²) in [6, 6.07) is 0. The third-order valence-electron chi connectivity index (χ3n) is 8.35. The molecule has 0 aliphatic carbocycles. The first kappa shape index (κ1) is 33.2. The van der Waals surface area contributed by atoms with Gasteiger partial charge >= 0.3 is 0 Å². The van der Waals surface area contributed by atoms with Crippen molar-refractivity contribution in [3.63, 3.8) is 0 Å². The molecular weight excluding hydrogens is 513 g/mol. The topological polar surface area (TPSA) is 27.7 Å². The molecule has 0 saturated carbocycles. The van der Waals surface area contributed by atoms with Crippen molar-refractivity contribution in [3.05, 3.63) is 36.0 Å². The standard InChI is InChI=1S/C31H56O3S2Si/c1-24(21-25(2)23-33-37(9,10)30(5,6)7)15-12-11-13-16-26(3)29(32-8)22-28-18-17-27(4)31(34-28)35-19-14-20-36-31/h11-13,15-16,24-25,27-29H,14,17-23H2,1-10H3/b13-11-,15-12+,26-16+/t24-,25-,27-,28+,29+/m1/s1. The highest BCUT2D eigenvalue weighted by atomic mass is 32.2. The molecule has 37 heavy (non-hydrogen) atoms. The molecule has 0 aromatic rings. The largest absolute Gasteiger partial charge is 0.417 e. The molecule has 0 N–H and O–H groups in total. The number of ether oxygens (including phenoxy) is 2. The molecule has 5 atom stereocenters. The molecule has 2 rings (SSSR count).